The van der Waals surface area contributed by atoms with Gasteiger partial charge in [-0.3, -0.25) is 4.79 Å². The van der Waals surface area contributed by atoms with E-state index in [0.717, 1.165) is 19.3 Å². The van der Waals surface area contributed by atoms with E-state index in [-0.39, 0.29) is 5.78 Å². The highest BCUT2D eigenvalue weighted by Crippen LogP contribution is 2.35. The molecule has 0 unspecified atom stereocenters. The van der Waals surface area contributed by atoms with E-state index in [1.54, 1.807) is 19.1 Å². The average Bonchev–Trinajstić information content (AvgIpc) is 2.48. The van der Waals surface area contributed by atoms with Crippen molar-refractivity contribution in [2.75, 3.05) is 0 Å². The van der Waals surface area contributed by atoms with E-state index in [2.05, 4.69) is 6.58 Å². The molecule has 0 aromatic heterocycles. The second kappa shape index (κ2) is 6.04. The lowest BCUT2D eigenvalue weighted by atomic mass is 9.79. The summed E-state index contributed by atoms with van der Waals surface area (Å²) in [5, 5.41) is 0. The fraction of sp³-hybridized carbons (Fsp3) is 0.412. The third-order valence-electron chi connectivity index (χ3n) is 3.75. The van der Waals surface area contributed by atoms with Crippen molar-refractivity contribution in [2.45, 2.75) is 44.6 Å². The minimum Gasteiger partial charge on any atom is -0.447 e. The number of carbonyl (C=O) groups excluding carboxylic acids is 2. The zero-order valence-corrected chi connectivity index (χ0v) is 11.9. The molecule has 1 aliphatic carbocycles. The third kappa shape index (κ3) is 2.98. The Morgan fingerprint density at radius 2 is 1.70 bits per heavy atom. The summed E-state index contributed by atoms with van der Waals surface area (Å²) >= 11 is 0. The summed E-state index contributed by atoms with van der Waals surface area (Å²) in [4.78, 5) is 24.7. The molecule has 0 heterocycles. The number of esters is 1. The van der Waals surface area contributed by atoms with Gasteiger partial charge in [-0.05, 0) is 32.6 Å². The monoisotopic (exact) mass is 272 g/mol. The predicted octanol–water partition coefficient (Wildman–Crippen LogP) is 3.69. The molecular formula is C17H20O3. The Morgan fingerprint density at radius 1 is 1.10 bits per heavy atom. The molecule has 1 aromatic rings. The zero-order chi connectivity index (χ0) is 14.6. The standard InChI is InChI=1S/C17H20O3/c1-13(2)16(19)20-17(11-7-4-8-12-17)15(18)14-9-5-3-6-10-14/h3,5-6,9-10H,1,4,7-8,11-12H2,2H3. The Kier molecular flexibility index (Phi) is 4.38. The first kappa shape index (κ1) is 14.5. The molecule has 0 amide bonds. The van der Waals surface area contributed by atoms with Gasteiger partial charge in [0, 0.05) is 11.1 Å². The van der Waals surface area contributed by atoms with Gasteiger partial charge in [0.2, 0.25) is 5.78 Å². The molecule has 1 aliphatic rings. The highest BCUT2D eigenvalue weighted by molar-refractivity contribution is 6.04. The van der Waals surface area contributed by atoms with E-state index in [1.165, 1.54) is 0 Å². The molecule has 1 aromatic carbocycles. The van der Waals surface area contributed by atoms with E-state index in [4.69, 9.17) is 4.74 Å². The van der Waals surface area contributed by atoms with Crippen molar-refractivity contribution >= 4 is 11.8 Å². The lowest BCUT2D eigenvalue weighted by Crippen LogP contribution is -2.45. The fourth-order valence-corrected chi connectivity index (χ4v) is 2.62. The molecule has 0 radical (unpaired) electrons. The number of carbonyl (C=O) groups is 2. The number of ether oxygens (including phenoxy) is 1. The topological polar surface area (TPSA) is 43.4 Å². The number of hydrogen-bond acceptors (Lipinski definition) is 3. The Labute approximate surface area is 119 Å². The van der Waals surface area contributed by atoms with Crippen LogP contribution in [0, 0.1) is 0 Å². The predicted molar refractivity (Wildman–Crippen MR) is 77.5 cm³/mol. The van der Waals surface area contributed by atoms with E-state index in [9.17, 15) is 9.59 Å². The van der Waals surface area contributed by atoms with Gasteiger partial charge in [-0.25, -0.2) is 4.79 Å². The molecule has 0 spiro atoms. The molecule has 0 aliphatic heterocycles. The quantitative estimate of drug-likeness (QED) is 0.477. The van der Waals surface area contributed by atoms with Crippen molar-refractivity contribution < 1.29 is 14.3 Å². The maximum absolute atomic E-state index is 12.8. The van der Waals surface area contributed by atoms with Gasteiger partial charge < -0.3 is 4.74 Å². The fourth-order valence-electron chi connectivity index (χ4n) is 2.62. The van der Waals surface area contributed by atoms with Crippen molar-refractivity contribution in [3.05, 3.63) is 48.0 Å². The van der Waals surface area contributed by atoms with Crippen LogP contribution < -0.4 is 0 Å². The molecule has 2 rings (SSSR count). The molecule has 0 bridgehead atoms. The average molecular weight is 272 g/mol. The normalized spacial score (nSPS) is 17.2. The van der Waals surface area contributed by atoms with Crippen LogP contribution in [0.15, 0.2) is 42.5 Å². The molecule has 20 heavy (non-hydrogen) atoms. The second-order valence-corrected chi connectivity index (χ2v) is 5.42. The molecule has 0 atom stereocenters. The van der Waals surface area contributed by atoms with Crippen LogP contribution in [0.2, 0.25) is 0 Å². The van der Waals surface area contributed by atoms with Crippen LogP contribution in [0.1, 0.15) is 49.4 Å². The summed E-state index contributed by atoms with van der Waals surface area (Å²) < 4.78 is 5.57. The molecule has 106 valence electrons. The van der Waals surface area contributed by atoms with Gasteiger partial charge in [0.15, 0.2) is 5.60 Å². The number of Topliss-reactive ketones (excluding diaryl/α,β-unsaturated/α-hetero) is 1. The highest BCUT2D eigenvalue weighted by Gasteiger charge is 2.43. The van der Waals surface area contributed by atoms with Crippen LogP contribution in [0.5, 0.6) is 0 Å². The SMILES string of the molecule is C=C(C)C(=O)OC1(C(=O)c2ccccc2)CCCCC1. The van der Waals surface area contributed by atoms with Gasteiger partial charge in [-0.15, -0.1) is 0 Å². The lowest BCUT2D eigenvalue weighted by Gasteiger charge is -2.35. The highest BCUT2D eigenvalue weighted by atomic mass is 16.6. The maximum atomic E-state index is 12.8. The Balaban J connectivity index is 2.29. The molecule has 1 fully saturated rings. The first-order valence-electron chi connectivity index (χ1n) is 7.04. The Hall–Kier alpha value is -1.90. The number of hydrogen-bond donors (Lipinski definition) is 0. The van der Waals surface area contributed by atoms with Crippen LogP contribution in [0.4, 0.5) is 0 Å². The van der Waals surface area contributed by atoms with Crippen molar-refractivity contribution in [2.24, 2.45) is 0 Å². The molecule has 0 N–H and O–H groups in total. The van der Waals surface area contributed by atoms with Crippen LogP contribution >= 0.6 is 0 Å². The van der Waals surface area contributed by atoms with Gasteiger partial charge in [-0.2, -0.15) is 0 Å². The summed E-state index contributed by atoms with van der Waals surface area (Å²) in [5.41, 5.74) is -0.0740. The van der Waals surface area contributed by atoms with Crippen molar-refractivity contribution in [3.8, 4) is 0 Å². The smallest absolute Gasteiger partial charge is 0.334 e. The largest absolute Gasteiger partial charge is 0.447 e. The van der Waals surface area contributed by atoms with Gasteiger partial charge in [-0.1, -0.05) is 43.3 Å². The van der Waals surface area contributed by atoms with Gasteiger partial charge in [0.25, 0.3) is 0 Å². The number of benzene rings is 1. The van der Waals surface area contributed by atoms with Crippen LogP contribution in [-0.2, 0) is 9.53 Å². The lowest BCUT2D eigenvalue weighted by molar-refractivity contribution is -0.152. The van der Waals surface area contributed by atoms with Gasteiger partial charge in [0.05, 0.1) is 0 Å². The molecule has 3 heteroatoms. The summed E-state index contributed by atoms with van der Waals surface area (Å²) in [6, 6.07) is 9.06. The van der Waals surface area contributed by atoms with E-state index in [1.807, 2.05) is 18.2 Å². The minimum atomic E-state index is -1.00. The number of rotatable bonds is 4. The summed E-state index contributed by atoms with van der Waals surface area (Å²) in [6.07, 6.45) is 4.08. The first-order chi connectivity index (χ1) is 9.55. The Bertz CT molecular complexity index is 510. The van der Waals surface area contributed by atoms with E-state index < -0.39 is 11.6 Å². The maximum Gasteiger partial charge on any atom is 0.334 e. The molecule has 1 saturated carbocycles. The van der Waals surface area contributed by atoms with Gasteiger partial charge in [0.1, 0.15) is 0 Å². The molecule has 0 saturated heterocycles. The summed E-state index contributed by atoms with van der Waals surface area (Å²) in [5.74, 6) is -0.566. The van der Waals surface area contributed by atoms with Crippen molar-refractivity contribution in [1.82, 2.24) is 0 Å². The van der Waals surface area contributed by atoms with Crippen LogP contribution in [-0.4, -0.2) is 17.4 Å². The summed E-state index contributed by atoms with van der Waals surface area (Å²) in [6.45, 7) is 5.20. The van der Waals surface area contributed by atoms with Crippen molar-refractivity contribution in [1.29, 1.82) is 0 Å². The third-order valence-corrected chi connectivity index (χ3v) is 3.75. The first-order valence-corrected chi connectivity index (χ1v) is 7.04. The van der Waals surface area contributed by atoms with E-state index >= 15 is 0 Å². The zero-order valence-electron chi connectivity index (χ0n) is 11.9. The number of ketones is 1. The Morgan fingerprint density at radius 3 is 2.25 bits per heavy atom. The molecule has 3 nitrogen and oxygen atoms in total. The molecular weight excluding hydrogens is 252 g/mol. The van der Waals surface area contributed by atoms with E-state index in [0.29, 0.717) is 24.0 Å². The second-order valence-electron chi connectivity index (χ2n) is 5.42. The minimum absolute atomic E-state index is 0.0904. The van der Waals surface area contributed by atoms with Crippen molar-refractivity contribution in [3.63, 3.8) is 0 Å². The van der Waals surface area contributed by atoms with Gasteiger partial charge >= 0.3 is 5.97 Å². The summed E-state index contributed by atoms with van der Waals surface area (Å²) in [7, 11) is 0. The van der Waals surface area contributed by atoms with Crippen LogP contribution in [0.25, 0.3) is 0 Å². The van der Waals surface area contributed by atoms with Crippen LogP contribution in [0.3, 0.4) is 0 Å².